The van der Waals surface area contributed by atoms with E-state index in [2.05, 4.69) is 0 Å². The predicted octanol–water partition coefficient (Wildman–Crippen LogP) is 8.81. The standard InChI is InChI=1S/C35H53NO5S/c1-40-32-22-20-30(21-23-32)29-42(38,39)36-28-31(34-27-33(41-2)24-25-35(34)36)19-17-15-13-11-9-7-5-3-4-6-8-10-12-14-16-18-26-37/h20-25,27-28,37H,3-19,26,29H2,1-2H3. The number of nitrogens with zero attached hydrogens (tertiary/aromatic N) is 1. The maximum Gasteiger partial charge on any atom is 0.243 e. The number of rotatable bonds is 23. The fourth-order valence-corrected chi connectivity index (χ4v) is 7.21. The van der Waals surface area contributed by atoms with Crippen LogP contribution in [0.15, 0.2) is 48.7 Å². The van der Waals surface area contributed by atoms with Gasteiger partial charge in [0.05, 0.1) is 25.5 Å². The van der Waals surface area contributed by atoms with Gasteiger partial charge in [-0.15, -0.1) is 0 Å². The van der Waals surface area contributed by atoms with E-state index in [1.54, 1.807) is 38.5 Å². The highest BCUT2D eigenvalue weighted by Crippen LogP contribution is 2.30. The van der Waals surface area contributed by atoms with E-state index in [-0.39, 0.29) is 5.75 Å². The van der Waals surface area contributed by atoms with Gasteiger partial charge in [-0.3, -0.25) is 0 Å². The van der Waals surface area contributed by atoms with E-state index >= 15 is 0 Å². The Morgan fingerprint density at radius 1 is 0.643 bits per heavy atom. The highest BCUT2D eigenvalue weighted by molar-refractivity contribution is 7.89. The third-order valence-corrected chi connectivity index (χ3v) is 9.82. The summed E-state index contributed by atoms with van der Waals surface area (Å²) in [7, 11) is -0.351. The molecule has 0 spiro atoms. The molecular formula is C35H53NO5S. The van der Waals surface area contributed by atoms with Crippen LogP contribution in [0.5, 0.6) is 11.5 Å². The summed E-state index contributed by atoms with van der Waals surface area (Å²) in [5.41, 5.74) is 2.50. The molecule has 6 nitrogen and oxygen atoms in total. The van der Waals surface area contributed by atoms with Crippen LogP contribution in [0.1, 0.15) is 114 Å². The number of aryl methyl sites for hydroxylation is 1. The van der Waals surface area contributed by atoms with Crippen LogP contribution in [-0.2, 0) is 22.2 Å². The quantitative estimate of drug-likeness (QED) is 0.110. The Kier molecular flexibility index (Phi) is 15.3. The first-order valence-electron chi connectivity index (χ1n) is 16.1. The number of hydrogen-bond donors (Lipinski definition) is 1. The molecule has 0 bridgehead atoms. The molecule has 0 saturated heterocycles. The molecule has 0 aliphatic heterocycles. The van der Waals surface area contributed by atoms with Gasteiger partial charge in [-0.1, -0.05) is 102 Å². The number of methoxy groups -OCH3 is 2. The zero-order valence-electron chi connectivity index (χ0n) is 26.0. The topological polar surface area (TPSA) is 77.8 Å². The van der Waals surface area contributed by atoms with E-state index in [9.17, 15) is 8.42 Å². The van der Waals surface area contributed by atoms with Crippen molar-refractivity contribution in [3.8, 4) is 11.5 Å². The second-order valence-electron chi connectivity index (χ2n) is 11.6. The van der Waals surface area contributed by atoms with Gasteiger partial charge >= 0.3 is 0 Å². The van der Waals surface area contributed by atoms with Crippen LogP contribution in [0.2, 0.25) is 0 Å². The third kappa shape index (κ3) is 11.3. The average molecular weight is 600 g/mol. The van der Waals surface area contributed by atoms with Crippen LogP contribution in [-0.4, -0.2) is 38.3 Å². The fraction of sp³-hybridized carbons (Fsp3) is 0.600. The zero-order chi connectivity index (χ0) is 30.0. The van der Waals surface area contributed by atoms with Gasteiger partial charge in [0.2, 0.25) is 10.0 Å². The summed E-state index contributed by atoms with van der Waals surface area (Å²) in [6.07, 6.45) is 22.9. The van der Waals surface area contributed by atoms with Crippen LogP contribution < -0.4 is 9.47 Å². The highest BCUT2D eigenvalue weighted by atomic mass is 32.2. The first-order valence-corrected chi connectivity index (χ1v) is 17.7. The Bertz CT molecular complexity index is 1270. The highest BCUT2D eigenvalue weighted by Gasteiger charge is 2.20. The molecule has 0 amide bonds. The Morgan fingerprint density at radius 3 is 1.62 bits per heavy atom. The van der Waals surface area contributed by atoms with Gasteiger partial charge in [0.25, 0.3) is 0 Å². The van der Waals surface area contributed by atoms with Gasteiger partial charge in [-0.05, 0) is 60.7 Å². The second-order valence-corrected chi connectivity index (χ2v) is 13.4. The van der Waals surface area contributed by atoms with Gasteiger partial charge in [0.1, 0.15) is 11.5 Å². The summed E-state index contributed by atoms with van der Waals surface area (Å²) >= 11 is 0. The number of ether oxygens (including phenoxy) is 2. The monoisotopic (exact) mass is 599 g/mol. The van der Waals surface area contributed by atoms with Crippen molar-refractivity contribution in [3.63, 3.8) is 0 Å². The average Bonchev–Trinajstić information content (AvgIpc) is 3.37. The number of fused-ring (bicyclic) bond motifs is 1. The van der Waals surface area contributed by atoms with Crippen molar-refractivity contribution < 1.29 is 23.0 Å². The molecule has 0 fully saturated rings. The lowest BCUT2D eigenvalue weighted by Crippen LogP contribution is -2.14. The second kappa shape index (κ2) is 18.9. The molecule has 3 rings (SSSR count). The summed E-state index contributed by atoms with van der Waals surface area (Å²) in [4.78, 5) is 0. The molecule has 2 aromatic carbocycles. The minimum Gasteiger partial charge on any atom is -0.497 e. The molecule has 0 aliphatic rings. The Labute approximate surface area is 254 Å². The van der Waals surface area contributed by atoms with Crippen molar-refractivity contribution >= 4 is 20.9 Å². The SMILES string of the molecule is COc1ccc(CS(=O)(=O)n2cc(CCCCCCCCCCCCCCCCCCO)c3cc(OC)ccc32)cc1. The van der Waals surface area contributed by atoms with E-state index in [1.807, 2.05) is 24.4 Å². The Hall–Kier alpha value is -2.51. The number of aliphatic hydroxyl groups excluding tert-OH is 1. The van der Waals surface area contributed by atoms with Crippen LogP contribution >= 0.6 is 0 Å². The van der Waals surface area contributed by atoms with Crippen molar-refractivity contribution in [2.75, 3.05) is 20.8 Å². The lowest BCUT2D eigenvalue weighted by molar-refractivity contribution is 0.282. The van der Waals surface area contributed by atoms with Gasteiger partial charge in [-0.25, -0.2) is 12.4 Å². The van der Waals surface area contributed by atoms with Crippen molar-refractivity contribution in [1.29, 1.82) is 0 Å². The van der Waals surface area contributed by atoms with E-state index in [4.69, 9.17) is 14.6 Å². The number of hydrogen-bond acceptors (Lipinski definition) is 5. The molecule has 1 N–H and O–H groups in total. The maximum absolute atomic E-state index is 13.5. The Morgan fingerprint density at radius 2 is 1.12 bits per heavy atom. The lowest BCUT2D eigenvalue weighted by atomic mass is 10.0. The largest absolute Gasteiger partial charge is 0.497 e. The first kappa shape index (κ1) is 34.0. The smallest absolute Gasteiger partial charge is 0.243 e. The predicted molar refractivity (Wildman–Crippen MR) is 174 cm³/mol. The molecule has 234 valence electrons. The minimum absolute atomic E-state index is 0.0711. The van der Waals surface area contributed by atoms with Crippen LogP contribution in [0, 0.1) is 0 Å². The molecule has 1 heterocycles. The number of aliphatic hydroxyl groups is 1. The molecule has 3 aromatic rings. The summed E-state index contributed by atoms with van der Waals surface area (Å²) in [6.45, 7) is 0.337. The van der Waals surface area contributed by atoms with Crippen molar-refractivity contribution in [3.05, 3.63) is 59.8 Å². The molecule has 0 aliphatic carbocycles. The van der Waals surface area contributed by atoms with Gasteiger partial charge in [0.15, 0.2) is 0 Å². The normalized spacial score (nSPS) is 11.8. The van der Waals surface area contributed by atoms with Crippen molar-refractivity contribution in [2.24, 2.45) is 0 Å². The first-order chi connectivity index (χ1) is 20.5. The summed E-state index contributed by atoms with van der Waals surface area (Å²) in [5.74, 6) is 1.38. The lowest BCUT2D eigenvalue weighted by Gasteiger charge is -2.09. The van der Waals surface area contributed by atoms with Crippen LogP contribution in [0.25, 0.3) is 10.9 Å². The summed E-state index contributed by atoms with van der Waals surface area (Å²) in [5, 5.41) is 9.77. The molecule has 0 atom stereocenters. The molecular weight excluding hydrogens is 546 g/mol. The van der Waals surface area contributed by atoms with Gasteiger partial charge in [0, 0.05) is 18.2 Å². The van der Waals surface area contributed by atoms with Crippen molar-refractivity contribution in [2.45, 2.75) is 115 Å². The minimum atomic E-state index is -3.59. The number of unbranched alkanes of at least 4 members (excludes halogenated alkanes) is 15. The number of aromatic nitrogens is 1. The molecule has 0 saturated carbocycles. The molecule has 0 unspecified atom stereocenters. The molecule has 1 aromatic heterocycles. The molecule has 7 heteroatoms. The van der Waals surface area contributed by atoms with E-state index < -0.39 is 10.0 Å². The third-order valence-electron chi connectivity index (χ3n) is 8.22. The van der Waals surface area contributed by atoms with Gasteiger partial charge < -0.3 is 14.6 Å². The van der Waals surface area contributed by atoms with E-state index in [0.717, 1.165) is 47.9 Å². The summed E-state index contributed by atoms with van der Waals surface area (Å²) in [6, 6.07) is 12.8. The van der Waals surface area contributed by atoms with E-state index in [1.165, 1.54) is 87.4 Å². The van der Waals surface area contributed by atoms with Crippen LogP contribution in [0.3, 0.4) is 0 Å². The Balaban J connectivity index is 1.39. The zero-order valence-corrected chi connectivity index (χ0v) is 26.8. The van der Waals surface area contributed by atoms with E-state index in [0.29, 0.717) is 17.9 Å². The maximum atomic E-state index is 13.5. The fourth-order valence-electron chi connectivity index (χ4n) is 5.71. The van der Waals surface area contributed by atoms with Crippen molar-refractivity contribution in [1.82, 2.24) is 3.97 Å². The molecule has 42 heavy (non-hydrogen) atoms. The number of benzene rings is 2. The van der Waals surface area contributed by atoms with Crippen LogP contribution in [0.4, 0.5) is 0 Å². The summed E-state index contributed by atoms with van der Waals surface area (Å²) < 4.78 is 39.0. The molecule has 0 radical (unpaired) electrons. The van der Waals surface area contributed by atoms with Gasteiger partial charge in [-0.2, -0.15) is 0 Å².